The highest BCUT2D eigenvalue weighted by molar-refractivity contribution is 5.23. The molecule has 0 aliphatic carbocycles. The van der Waals surface area contributed by atoms with Gasteiger partial charge in [-0.25, -0.2) is 4.39 Å². The first-order valence-corrected chi connectivity index (χ1v) is 5.73. The molecule has 16 heavy (non-hydrogen) atoms. The van der Waals surface area contributed by atoms with Crippen molar-refractivity contribution in [3.8, 4) is 0 Å². The predicted octanol–water partition coefficient (Wildman–Crippen LogP) is 1.99. The summed E-state index contributed by atoms with van der Waals surface area (Å²) in [6, 6.07) is 6.64. The molecular weight excluding hydrogens is 205 g/mol. The Morgan fingerprint density at radius 3 is 2.56 bits per heavy atom. The van der Waals surface area contributed by atoms with Gasteiger partial charge in [-0.15, -0.1) is 0 Å². The van der Waals surface area contributed by atoms with E-state index in [0.29, 0.717) is 0 Å². The summed E-state index contributed by atoms with van der Waals surface area (Å²) < 4.78 is 12.8. The Balaban J connectivity index is 2.18. The van der Waals surface area contributed by atoms with Gasteiger partial charge in [0.1, 0.15) is 5.82 Å². The van der Waals surface area contributed by atoms with Crippen LogP contribution in [0.4, 0.5) is 4.39 Å². The lowest BCUT2D eigenvalue weighted by Crippen LogP contribution is -2.47. The number of nitrogens with zero attached hydrogens (tertiary/aromatic N) is 1. The first kappa shape index (κ1) is 11.6. The number of likely N-dealkylation sites (tertiary alicyclic amines) is 1. The molecule has 1 heterocycles. The van der Waals surface area contributed by atoms with Gasteiger partial charge in [0.15, 0.2) is 0 Å². The molecule has 0 bridgehead atoms. The van der Waals surface area contributed by atoms with Crippen LogP contribution in [0.25, 0.3) is 0 Å². The first-order valence-electron chi connectivity index (χ1n) is 5.73. The van der Waals surface area contributed by atoms with Gasteiger partial charge in [0.05, 0.1) is 6.10 Å². The van der Waals surface area contributed by atoms with Crippen LogP contribution in [0, 0.1) is 5.82 Å². The number of rotatable bonds is 1. The SMILES string of the molecule is CC1C(O)C(c2ccc(F)cc2)CCN1C. The quantitative estimate of drug-likeness (QED) is 0.787. The number of aliphatic hydroxyl groups is 1. The van der Waals surface area contributed by atoms with Crippen molar-refractivity contribution in [2.75, 3.05) is 13.6 Å². The second kappa shape index (κ2) is 4.52. The molecule has 0 amide bonds. The Hall–Kier alpha value is -0.930. The fraction of sp³-hybridized carbons (Fsp3) is 0.538. The van der Waals surface area contributed by atoms with Crippen molar-refractivity contribution in [2.45, 2.75) is 31.4 Å². The molecule has 2 nitrogen and oxygen atoms in total. The summed E-state index contributed by atoms with van der Waals surface area (Å²) in [5.41, 5.74) is 1.04. The topological polar surface area (TPSA) is 23.5 Å². The number of hydrogen-bond donors (Lipinski definition) is 1. The number of halogens is 1. The molecule has 2 rings (SSSR count). The van der Waals surface area contributed by atoms with Crippen LogP contribution in [-0.4, -0.2) is 35.7 Å². The molecule has 1 saturated heterocycles. The highest BCUT2D eigenvalue weighted by Crippen LogP contribution is 2.31. The van der Waals surface area contributed by atoms with Crippen LogP contribution >= 0.6 is 0 Å². The van der Waals surface area contributed by atoms with Gasteiger partial charge in [-0.05, 0) is 44.6 Å². The summed E-state index contributed by atoms with van der Waals surface area (Å²) >= 11 is 0. The molecule has 0 saturated carbocycles. The van der Waals surface area contributed by atoms with Crippen LogP contribution in [-0.2, 0) is 0 Å². The molecule has 1 aliphatic heterocycles. The van der Waals surface area contributed by atoms with E-state index in [1.54, 1.807) is 12.1 Å². The molecular formula is C13H18FNO. The Bertz CT molecular complexity index is 351. The van der Waals surface area contributed by atoms with Gasteiger partial charge < -0.3 is 10.0 Å². The van der Waals surface area contributed by atoms with Crippen molar-refractivity contribution in [1.29, 1.82) is 0 Å². The molecule has 1 N–H and O–H groups in total. The standard InChI is InChI=1S/C13H18FNO/c1-9-13(16)12(7-8-15(9)2)10-3-5-11(14)6-4-10/h3-6,9,12-13,16H,7-8H2,1-2H3. The van der Waals surface area contributed by atoms with Crippen LogP contribution < -0.4 is 0 Å². The third-order valence-corrected chi connectivity index (χ3v) is 3.69. The minimum atomic E-state index is -0.371. The first-order chi connectivity index (χ1) is 7.59. The van der Waals surface area contributed by atoms with Crippen LogP contribution in [0.3, 0.4) is 0 Å². The summed E-state index contributed by atoms with van der Waals surface area (Å²) in [7, 11) is 2.02. The maximum absolute atomic E-state index is 12.8. The van der Waals surface area contributed by atoms with E-state index in [2.05, 4.69) is 4.90 Å². The average Bonchev–Trinajstić information content (AvgIpc) is 2.28. The zero-order valence-corrected chi connectivity index (χ0v) is 9.73. The van der Waals surface area contributed by atoms with E-state index in [1.807, 2.05) is 14.0 Å². The Morgan fingerprint density at radius 2 is 1.94 bits per heavy atom. The fourth-order valence-electron chi connectivity index (χ4n) is 2.39. The molecule has 1 aliphatic rings. The van der Waals surface area contributed by atoms with Crippen molar-refractivity contribution >= 4 is 0 Å². The Morgan fingerprint density at radius 1 is 1.31 bits per heavy atom. The minimum Gasteiger partial charge on any atom is -0.391 e. The molecule has 0 spiro atoms. The molecule has 0 aromatic heterocycles. The third kappa shape index (κ3) is 2.11. The van der Waals surface area contributed by atoms with Crippen molar-refractivity contribution in [3.63, 3.8) is 0 Å². The van der Waals surface area contributed by atoms with Crippen molar-refractivity contribution in [2.24, 2.45) is 0 Å². The lowest BCUT2D eigenvalue weighted by atomic mass is 9.83. The van der Waals surface area contributed by atoms with Crippen molar-refractivity contribution < 1.29 is 9.50 Å². The Kier molecular flexibility index (Phi) is 3.26. The van der Waals surface area contributed by atoms with E-state index < -0.39 is 0 Å². The van der Waals surface area contributed by atoms with Gasteiger partial charge in [0.25, 0.3) is 0 Å². The zero-order chi connectivity index (χ0) is 11.7. The van der Waals surface area contributed by atoms with Gasteiger partial charge in [0.2, 0.25) is 0 Å². The molecule has 88 valence electrons. The van der Waals surface area contributed by atoms with Crippen molar-refractivity contribution in [3.05, 3.63) is 35.6 Å². The summed E-state index contributed by atoms with van der Waals surface area (Å²) in [5, 5.41) is 10.2. The zero-order valence-electron chi connectivity index (χ0n) is 9.73. The van der Waals surface area contributed by atoms with Gasteiger partial charge in [-0.2, -0.15) is 0 Å². The van der Waals surface area contributed by atoms with Gasteiger partial charge in [-0.1, -0.05) is 12.1 Å². The maximum Gasteiger partial charge on any atom is 0.123 e. The second-order valence-corrected chi connectivity index (χ2v) is 4.66. The third-order valence-electron chi connectivity index (χ3n) is 3.69. The predicted molar refractivity (Wildman–Crippen MR) is 61.9 cm³/mol. The lowest BCUT2D eigenvalue weighted by Gasteiger charge is -2.39. The second-order valence-electron chi connectivity index (χ2n) is 4.66. The van der Waals surface area contributed by atoms with E-state index in [0.717, 1.165) is 18.5 Å². The molecule has 1 aromatic carbocycles. The van der Waals surface area contributed by atoms with E-state index >= 15 is 0 Å². The van der Waals surface area contributed by atoms with E-state index in [1.165, 1.54) is 12.1 Å². The number of hydrogen-bond acceptors (Lipinski definition) is 2. The monoisotopic (exact) mass is 223 g/mol. The smallest absolute Gasteiger partial charge is 0.123 e. The van der Waals surface area contributed by atoms with Crippen molar-refractivity contribution in [1.82, 2.24) is 4.90 Å². The summed E-state index contributed by atoms with van der Waals surface area (Å²) in [4.78, 5) is 2.16. The highest BCUT2D eigenvalue weighted by atomic mass is 19.1. The molecule has 3 heteroatoms. The van der Waals surface area contributed by atoms with Gasteiger partial charge in [0, 0.05) is 12.0 Å². The number of benzene rings is 1. The minimum absolute atomic E-state index is 0.131. The lowest BCUT2D eigenvalue weighted by molar-refractivity contribution is 0.0162. The molecule has 3 unspecified atom stereocenters. The number of likely N-dealkylation sites (N-methyl/N-ethyl adjacent to an activating group) is 1. The molecule has 1 fully saturated rings. The van der Waals surface area contributed by atoms with Crippen LogP contribution in [0.5, 0.6) is 0 Å². The van der Waals surface area contributed by atoms with E-state index in [9.17, 15) is 9.50 Å². The molecule has 3 atom stereocenters. The van der Waals surface area contributed by atoms with Crippen LogP contribution in [0.2, 0.25) is 0 Å². The maximum atomic E-state index is 12.8. The largest absolute Gasteiger partial charge is 0.391 e. The normalized spacial score (nSPS) is 31.6. The fourth-order valence-corrected chi connectivity index (χ4v) is 2.39. The van der Waals surface area contributed by atoms with Crippen LogP contribution in [0.15, 0.2) is 24.3 Å². The summed E-state index contributed by atoms with van der Waals surface area (Å²) in [5.74, 6) is -0.0917. The average molecular weight is 223 g/mol. The number of aliphatic hydroxyl groups excluding tert-OH is 1. The van der Waals surface area contributed by atoms with E-state index in [4.69, 9.17) is 0 Å². The summed E-state index contributed by atoms with van der Waals surface area (Å²) in [6.45, 7) is 3.00. The summed E-state index contributed by atoms with van der Waals surface area (Å²) in [6.07, 6.45) is 0.553. The Labute approximate surface area is 95.7 Å². The molecule has 1 aromatic rings. The van der Waals surface area contributed by atoms with E-state index in [-0.39, 0.29) is 23.9 Å². The van der Waals surface area contributed by atoms with Gasteiger partial charge >= 0.3 is 0 Å². The molecule has 0 radical (unpaired) electrons. The van der Waals surface area contributed by atoms with Crippen LogP contribution in [0.1, 0.15) is 24.8 Å². The highest BCUT2D eigenvalue weighted by Gasteiger charge is 2.32. The number of piperidine rings is 1. The van der Waals surface area contributed by atoms with Gasteiger partial charge in [-0.3, -0.25) is 0 Å².